The summed E-state index contributed by atoms with van der Waals surface area (Å²) in [5.41, 5.74) is 2.66. The number of thiazole rings is 1. The molecule has 4 heterocycles. The number of aromatic nitrogens is 2. The minimum Gasteiger partial charge on any atom is -0.324 e. The highest BCUT2D eigenvalue weighted by atomic mass is 35.5. The minimum absolute atomic E-state index is 0.279. The SMILES string of the molecule is Cc1ccc(N2C(=O)C3Sc4c(sc(=O)n4CC(=O)Nc4ccc(Cl)c(Cl)c4)C(c4cccnc4)C3C2=O)cc1. The highest BCUT2D eigenvalue weighted by Gasteiger charge is 2.56. The average molecular weight is 612 g/mol. The number of imide groups is 1. The smallest absolute Gasteiger partial charge is 0.308 e. The van der Waals surface area contributed by atoms with Crippen LogP contribution in [0.25, 0.3) is 0 Å². The molecule has 3 atom stereocenters. The van der Waals surface area contributed by atoms with Gasteiger partial charge < -0.3 is 5.32 Å². The third-order valence-corrected chi connectivity index (χ3v) is 10.2. The third-order valence-electron chi connectivity index (χ3n) is 6.89. The summed E-state index contributed by atoms with van der Waals surface area (Å²) < 4.78 is 1.36. The lowest BCUT2D eigenvalue weighted by atomic mass is 9.84. The van der Waals surface area contributed by atoms with Gasteiger partial charge in [0.05, 0.1) is 26.7 Å². The van der Waals surface area contributed by atoms with Crippen LogP contribution >= 0.6 is 46.3 Å². The Balaban J connectivity index is 1.39. The highest BCUT2D eigenvalue weighted by Crippen LogP contribution is 2.53. The molecule has 2 aliphatic rings. The topological polar surface area (TPSA) is 101 Å². The summed E-state index contributed by atoms with van der Waals surface area (Å²) >= 11 is 14.2. The van der Waals surface area contributed by atoms with E-state index in [1.807, 2.05) is 25.1 Å². The zero-order valence-corrected chi connectivity index (χ0v) is 24.0. The van der Waals surface area contributed by atoms with Crippen molar-refractivity contribution in [2.75, 3.05) is 10.2 Å². The highest BCUT2D eigenvalue weighted by molar-refractivity contribution is 8.00. The first-order chi connectivity index (χ1) is 19.2. The van der Waals surface area contributed by atoms with E-state index < -0.39 is 23.0 Å². The van der Waals surface area contributed by atoms with Crippen molar-refractivity contribution in [1.29, 1.82) is 0 Å². The first-order valence-corrected chi connectivity index (χ1v) is 14.7. The van der Waals surface area contributed by atoms with Gasteiger partial charge in [0.1, 0.15) is 11.8 Å². The Morgan fingerprint density at radius 2 is 1.80 bits per heavy atom. The number of nitrogens with zero attached hydrogens (tertiary/aromatic N) is 3. The lowest BCUT2D eigenvalue weighted by molar-refractivity contribution is -0.122. The zero-order chi connectivity index (χ0) is 28.1. The third kappa shape index (κ3) is 4.64. The molecule has 8 nitrogen and oxygen atoms in total. The van der Waals surface area contributed by atoms with E-state index in [1.54, 1.807) is 42.7 Å². The van der Waals surface area contributed by atoms with Crippen LogP contribution in [0, 0.1) is 12.8 Å². The maximum Gasteiger partial charge on any atom is 0.308 e. The van der Waals surface area contributed by atoms with Gasteiger partial charge in [0.15, 0.2) is 0 Å². The number of anilines is 2. The second-order valence-corrected chi connectivity index (χ2v) is 12.4. The Bertz CT molecular complexity index is 1720. The van der Waals surface area contributed by atoms with E-state index in [0.717, 1.165) is 34.2 Å². The summed E-state index contributed by atoms with van der Waals surface area (Å²) in [5, 5.41) is 3.10. The van der Waals surface area contributed by atoms with Gasteiger partial charge in [-0.1, -0.05) is 70.1 Å². The molecule has 2 aliphatic heterocycles. The standard InChI is InChI=1S/C28H20Cl2N4O4S2/c1-14-4-7-17(8-5-14)34-25(36)22-21(15-3-2-10-31-12-15)24-27(39-23(22)26(34)37)33(28(38)40-24)13-20(35)32-16-6-9-18(29)19(30)11-16/h2-12,21-23H,13H2,1H3,(H,32,35). The van der Waals surface area contributed by atoms with Gasteiger partial charge in [-0.2, -0.15) is 0 Å². The predicted molar refractivity (Wildman–Crippen MR) is 157 cm³/mol. The molecule has 0 aliphatic carbocycles. The first kappa shape index (κ1) is 26.8. The van der Waals surface area contributed by atoms with Gasteiger partial charge >= 0.3 is 4.87 Å². The molecule has 2 aromatic carbocycles. The van der Waals surface area contributed by atoms with Crippen LogP contribution in [0.2, 0.25) is 10.0 Å². The van der Waals surface area contributed by atoms with Crippen molar-refractivity contribution >= 4 is 75.4 Å². The Kier molecular flexibility index (Phi) is 7.03. The number of pyridine rings is 1. The quantitative estimate of drug-likeness (QED) is 0.305. The van der Waals surface area contributed by atoms with Gasteiger partial charge in [-0.15, -0.1) is 0 Å². The van der Waals surface area contributed by atoms with Gasteiger partial charge in [0, 0.05) is 28.9 Å². The summed E-state index contributed by atoms with van der Waals surface area (Å²) in [6.45, 7) is 1.65. The number of halogens is 2. The minimum atomic E-state index is -0.773. The maximum atomic E-state index is 13.9. The molecule has 1 N–H and O–H groups in total. The normalized spacial score (nSPS) is 19.9. The van der Waals surface area contributed by atoms with Crippen LogP contribution in [0.15, 0.2) is 76.8 Å². The van der Waals surface area contributed by atoms with Crippen LogP contribution in [-0.4, -0.2) is 32.5 Å². The Morgan fingerprint density at radius 1 is 1.02 bits per heavy atom. The van der Waals surface area contributed by atoms with Gasteiger partial charge in [0.25, 0.3) is 0 Å². The lowest BCUT2D eigenvalue weighted by Gasteiger charge is -2.30. The fraction of sp³-hybridized carbons (Fsp3) is 0.179. The van der Waals surface area contributed by atoms with E-state index in [0.29, 0.717) is 26.3 Å². The molecule has 12 heteroatoms. The molecule has 0 spiro atoms. The summed E-state index contributed by atoms with van der Waals surface area (Å²) in [5.74, 6) is -2.42. The molecule has 1 fully saturated rings. The van der Waals surface area contributed by atoms with Crippen molar-refractivity contribution in [3.05, 3.63) is 103 Å². The lowest BCUT2D eigenvalue weighted by Crippen LogP contribution is -2.33. The van der Waals surface area contributed by atoms with Gasteiger partial charge in [0.2, 0.25) is 17.7 Å². The zero-order valence-electron chi connectivity index (χ0n) is 20.8. The largest absolute Gasteiger partial charge is 0.324 e. The van der Waals surface area contributed by atoms with Crippen LogP contribution < -0.4 is 15.1 Å². The van der Waals surface area contributed by atoms with Crippen LogP contribution in [0.3, 0.4) is 0 Å². The molecule has 0 radical (unpaired) electrons. The van der Waals surface area contributed by atoms with E-state index in [-0.39, 0.29) is 28.3 Å². The second-order valence-electron chi connectivity index (χ2n) is 9.48. The molecule has 3 amide bonds. The summed E-state index contributed by atoms with van der Waals surface area (Å²) in [6.07, 6.45) is 3.28. The fourth-order valence-corrected chi connectivity index (χ4v) is 8.11. The number of carbonyl (C=O) groups is 3. The molecule has 40 heavy (non-hydrogen) atoms. The number of rotatable bonds is 5. The Labute approximate surface area is 246 Å². The van der Waals surface area contributed by atoms with Gasteiger partial charge in [-0.05, 0) is 48.9 Å². The van der Waals surface area contributed by atoms with E-state index >= 15 is 0 Å². The van der Waals surface area contributed by atoms with Crippen LogP contribution in [0.4, 0.5) is 11.4 Å². The first-order valence-electron chi connectivity index (χ1n) is 12.2. The molecule has 6 rings (SSSR count). The second kappa shape index (κ2) is 10.5. The maximum absolute atomic E-state index is 13.9. The van der Waals surface area contributed by atoms with Crippen LogP contribution in [0.5, 0.6) is 0 Å². The van der Waals surface area contributed by atoms with E-state index in [4.69, 9.17) is 23.2 Å². The van der Waals surface area contributed by atoms with Gasteiger partial charge in [-0.3, -0.25) is 28.7 Å². The van der Waals surface area contributed by atoms with Crippen molar-refractivity contribution in [2.45, 2.75) is 29.7 Å². The fourth-order valence-electron chi connectivity index (χ4n) is 5.04. The number of hydrogen-bond acceptors (Lipinski definition) is 7. The number of fused-ring (bicyclic) bond motifs is 2. The number of carbonyl (C=O) groups excluding carboxylic acids is 3. The molecule has 4 aromatic rings. The molecule has 3 unspecified atom stereocenters. The molecule has 202 valence electrons. The van der Waals surface area contributed by atoms with Crippen molar-refractivity contribution in [3.8, 4) is 0 Å². The number of hydrogen-bond donors (Lipinski definition) is 1. The summed E-state index contributed by atoms with van der Waals surface area (Å²) in [4.78, 5) is 59.6. The van der Waals surface area contributed by atoms with E-state index in [9.17, 15) is 19.2 Å². The Hall–Kier alpha value is -3.44. The van der Waals surface area contributed by atoms with Crippen molar-refractivity contribution < 1.29 is 14.4 Å². The summed E-state index contributed by atoms with van der Waals surface area (Å²) in [7, 11) is 0. The molecule has 0 saturated carbocycles. The number of benzene rings is 2. The molecular formula is C28H20Cl2N4O4S2. The number of aryl methyl sites for hydroxylation is 1. The van der Waals surface area contributed by atoms with E-state index in [2.05, 4.69) is 10.3 Å². The molecule has 1 saturated heterocycles. The molecule has 2 aromatic heterocycles. The molecule has 0 bridgehead atoms. The molecular weight excluding hydrogens is 591 g/mol. The van der Waals surface area contributed by atoms with Crippen molar-refractivity contribution in [2.24, 2.45) is 5.92 Å². The Morgan fingerprint density at radius 3 is 2.50 bits per heavy atom. The van der Waals surface area contributed by atoms with Crippen LogP contribution in [0.1, 0.15) is 21.9 Å². The number of nitrogens with one attached hydrogen (secondary N) is 1. The number of thioether (sulfide) groups is 1. The predicted octanol–water partition coefficient (Wildman–Crippen LogP) is 5.35. The van der Waals surface area contributed by atoms with Crippen LogP contribution in [-0.2, 0) is 20.9 Å². The number of amides is 3. The average Bonchev–Trinajstić information content (AvgIpc) is 3.38. The summed E-state index contributed by atoms with van der Waals surface area (Å²) in [6, 6.07) is 15.5. The van der Waals surface area contributed by atoms with Gasteiger partial charge in [-0.25, -0.2) is 4.90 Å². The van der Waals surface area contributed by atoms with Crippen molar-refractivity contribution in [1.82, 2.24) is 9.55 Å². The van der Waals surface area contributed by atoms with E-state index in [1.165, 1.54) is 15.5 Å². The monoisotopic (exact) mass is 610 g/mol. The van der Waals surface area contributed by atoms with Crippen molar-refractivity contribution in [3.63, 3.8) is 0 Å².